The Balaban J connectivity index is 1.68. The zero-order valence-corrected chi connectivity index (χ0v) is 14.2. The van der Waals surface area contributed by atoms with Gasteiger partial charge in [-0.25, -0.2) is 0 Å². The molecule has 0 atom stereocenters. The lowest BCUT2D eigenvalue weighted by molar-refractivity contribution is -0.134. The van der Waals surface area contributed by atoms with Crippen LogP contribution in [0, 0.1) is 11.8 Å². The summed E-state index contributed by atoms with van der Waals surface area (Å²) in [4.78, 5) is 11.9. The Hall–Kier alpha value is -1.65. The number of alkyl halides is 2. The smallest absolute Gasteiger partial charge is 0.387 e. The molecule has 0 spiro atoms. The van der Waals surface area contributed by atoms with E-state index in [2.05, 4.69) is 11.7 Å². The van der Waals surface area contributed by atoms with Crippen LogP contribution in [0.25, 0.3) is 0 Å². The zero-order valence-electron chi connectivity index (χ0n) is 14.2. The van der Waals surface area contributed by atoms with E-state index in [0.29, 0.717) is 18.1 Å². The monoisotopic (exact) mass is 340 g/mol. The van der Waals surface area contributed by atoms with Crippen LogP contribution < -0.4 is 9.47 Å². The maximum atomic E-state index is 12.1. The second-order valence-electron chi connectivity index (χ2n) is 6.54. The van der Waals surface area contributed by atoms with Crippen molar-refractivity contribution in [1.29, 1.82) is 0 Å². The molecule has 1 saturated carbocycles. The number of benzene rings is 1. The van der Waals surface area contributed by atoms with E-state index in [1.165, 1.54) is 62.8 Å². The van der Waals surface area contributed by atoms with Crippen LogP contribution in [0.2, 0.25) is 0 Å². The Labute approximate surface area is 142 Å². The highest BCUT2D eigenvalue weighted by molar-refractivity contribution is 5.72. The molecule has 0 bridgehead atoms. The molecule has 3 nitrogen and oxygen atoms in total. The van der Waals surface area contributed by atoms with Crippen LogP contribution in [0.5, 0.6) is 11.5 Å². The average Bonchev–Trinajstić information content (AvgIpc) is 2.56. The van der Waals surface area contributed by atoms with Crippen molar-refractivity contribution in [2.75, 3.05) is 0 Å². The average molecular weight is 340 g/mol. The van der Waals surface area contributed by atoms with E-state index in [1.807, 2.05) is 0 Å². The van der Waals surface area contributed by atoms with E-state index in [0.717, 1.165) is 12.3 Å². The molecule has 0 amide bonds. The van der Waals surface area contributed by atoms with Crippen molar-refractivity contribution in [3.63, 3.8) is 0 Å². The first kappa shape index (κ1) is 18.7. The second kappa shape index (κ2) is 9.60. The number of hydrogen-bond acceptors (Lipinski definition) is 3. The molecule has 1 aromatic rings. The lowest BCUT2D eigenvalue weighted by Crippen LogP contribution is -2.17. The Bertz CT molecular complexity index is 494. The third-order valence-corrected chi connectivity index (χ3v) is 4.70. The molecule has 0 saturated heterocycles. The van der Waals surface area contributed by atoms with Gasteiger partial charge in [-0.3, -0.25) is 4.79 Å². The summed E-state index contributed by atoms with van der Waals surface area (Å²) in [6.07, 6.45) is 8.80. The fraction of sp³-hybridized carbons (Fsp3) is 0.632. The first-order valence-electron chi connectivity index (χ1n) is 8.82. The minimum atomic E-state index is -2.86. The standard InChI is InChI=1S/C19H26F2O3/c1-2-3-14-4-6-15(7-5-14)8-13-18(22)23-16-9-11-17(12-10-16)24-19(20)21/h9-12,14-15,19H,2-8,13H2,1H3/t14-,15-. The SMILES string of the molecule is CCC[C@H]1CC[C@H](CCC(=O)Oc2ccc(OC(F)F)cc2)CC1. The zero-order chi connectivity index (χ0) is 17.4. The number of carbonyl (C=O) groups excluding carboxylic acids is 1. The van der Waals surface area contributed by atoms with Crippen LogP contribution in [-0.2, 0) is 4.79 Å². The summed E-state index contributed by atoms with van der Waals surface area (Å²) in [5.74, 6) is 1.62. The summed E-state index contributed by atoms with van der Waals surface area (Å²) < 4.78 is 33.6. The van der Waals surface area contributed by atoms with Crippen molar-refractivity contribution in [2.45, 2.75) is 64.9 Å². The largest absolute Gasteiger partial charge is 0.435 e. The van der Waals surface area contributed by atoms with Gasteiger partial charge in [-0.05, 0) is 42.5 Å². The summed E-state index contributed by atoms with van der Waals surface area (Å²) in [6, 6.07) is 5.66. The van der Waals surface area contributed by atoms with Crippen LogP contribution in [0.3, 0.4) is 0 Å². The van der Waals surface area contributed by atoms with Gasteiger partial charge in [-0.2, -0.15) is 8.78 Å². The van der Waals surface area contributed by atoms with Crippen molar-refractivity contribution < 1.29 is 23.0 Å². The molecule has 2 rings (SSSR count). The van der Waals surface area contributed by atoms with Gasteiger partial charge in [0.2, 0.25) is 0 Å². The van der Waals surface area contributed by atoms with E-state index in [4.69, 9.17) is 4.74 Å². The highest BCUT2D eigenvalue weighted by Gasteiger charge is 2.21. The van der Waals surface area contributed by atoms with Crippen LogP contribution in [0.4, 0.5) is 8.78 Å². The number of esters is 1. The number of halogens is 2. The normalized spacial score (nSPS) is 20.8. The Morgan fingerprint density at radius 2 is 1.58 bits per heavy atom. The molecule has 0 heterocycles. The van der Waals surface area contributed by atoms with Gasteiger partial charge in [-0.1, -0.05) is 45.4 Å². The number of rotatable bonds is 8. The molecule has 5 heteroatoms. The molecular weight excluding hydrogens is 314 g/mol. The van der Waals surface area contributed by atoms with Crippen LogP contribution in [-0.4, -0.2) is 12.6 Å². The molecule has 1 aliphatic rings. The summed E-state index contributed by atoms with van der Waals surface area (Å²) in [5.41, 5.74) is 0. The fourth-order valence-electron chi connectivity index (χ4n) is 3.41. The summed E-state index contributed by atoms with van der Waals surface area (Å²) in [7, 11) is 0. The van der Waals surface area contributed by atoms with Crippen molar-refractivity contribution in [3.8, 4) is 11.5 Å². The van der Waals surface area contributed by atoms with E-state index in [9.17, 15) is 13.6 Å². The predicted octanol–water partition coefficient (Wildman–Crippen LogP) is 5.58. The minimum absolute atomic E-state index is 0.0497. The van der Waals surface area contributed by atoms with Gasteiger partial charge in [0.25, 0.3) is 0 Å². The van der Waals surface area contributed by atoms with Gasteiger partial charge < -0.3 is 9.47 Å². The van der Waals surface area contributed by atoms with Crippen molar-refractivity contribution in [2.24, 2.45) is 11.8 Å². The van der Waals surface area contributed by atoms with E-state index < -0.39 is 6.61 Å². The molecule has 134 valence electrons. The van der Waals surface area contributed by atoms with Crippen LogP contribution in [0.15, 0.2) is 24.3 Å². The maximum Gasteiger partial charge on any atom is 0.387 e. The highest BCUT2D eigenvalue weighted by Crippen LogP contribution is 2.33. The molecular formula is C19H26F2O3. The quantitative estimate of drug-likeness (QED) is 0.458. The number of hydrogen-bond donors (Lipinski definition) is 0. The lowest BCUT2D eigenvalue weighted by Gasteiger charge is -2.28. The third-order valence-electron chi connectivity index (χ3n) is 4.70. The second-order valence-corrected chi connectivity index (χ2v) is 6.54. The van der Waals surface area contributed by atoms with Gasteiger partial charge >= 0.3 is 12.6 Å². The maximum absolute atomic E-state index is 12.1. The topological polar surface area (TPSA) is 35.5 Å². The van der Waals surface area contributed by atoms with E-state index in [-0.39, 0.29) is 11.7 Å². The molecule has 0 N–H and O–H groups in total. The van der Waals surface area contributed by atoms with Gasteiger partial charge in [-0.15, -0.1) is 0 Å². The molecule has 24 heavy (non-hydrogen) atoms. The molecule has 0 aromatic heterocycles. The molecule has 1 fully saturated rings. The number of ether oxygens (including phenoxy) is 2. The number of carbonyl (C=O) groups is 1. The molecule has 1 aliphatic carbocycles. The van der Waals surface area contributed by atoms with E-state index in [1.54, 1.807) is 0 Å². The minimum Gasteiger partial charge on any atom is -0.435 e. The van der Waals surface area contributed by atoms with Crippen molar-refractivity contribution in [1.82, 2.24) is 0 Å². The summed E-state index contributed by atoms with van der Waals surface area (Å²) in [6.45, 7) is -0.625. The van der Waals surface area contributed by atoms with Crippen molar-refractivity contribution in [3.05, 3.63) is 24.3 Å². The van der Waals surface area contributed by atoms with Crippen molar-refractivity contribution >= 4 is 5.97 Å². The summed E-state index contributed by atoms with van der Waals surface area (Å²) >= 11 is 0. The van der Waals surface area contributed by atoms with Crippen LogP contribution >= 0.6 is 0 Å². The van der Waals surface area contributed by atoms with Gasteiger partial charge in [0.05, 0.1) is 0 Å². The van der Waals surface area contributed by atoms with Gasteiger partial charge in [0.1, 0.15) is 11.5 Å². The summed E-state index contributed by atoms with van der Waals surface area (Å²) in [5, 5.41) is 0. The predicted molar refractivity (Wildman–Crippen MR) is 88.3 cm³/mol. The first-order chi connectivity index (χ1) is 11.6. The molecule has 0 unspecified atom stereocenters. The Kier molecular flexibility index (Phi) is 7.47. The van der Waals surface area contributed by atoms with Gasteiger partial charge in [0.15, 0.2) is 0 Å². The molecule has 1 aromatic carbocycles. The highest BCUT2D eigenvalue weighted by atomic mass is 19.3. The first-order valence-corrected chi connectivity index (χ1v) is 8.82. The van der Waals surface area contributed by atoms with Gasteiger partial charge in [0, 0.05) is 6.42 Å². The molecule has 0 radical (unpaired) electrons. The lowest BCUT2D eigenvalue weighted by atomic mass is 9.78. The van der Waals surface area contributed by atoms with Crippen LogP contribution in [0.1, 0.15) is 58.3 Å². The fourth-order valence-corrected chi connectivity index (χ4v) is 3.41. The molecule has 0 aliphatic heterocycles. The Morgan fingerprint density at radius 1 is 1.04 bits per heavy atom. The Morgan fingerprint density at radius 3 is 2.12 bits per heavy atom. The van der Waals surface area contributed by atoms with E-state index >= 15 is 0 Å². The third kappa shape index (κ3) is 6.46.